The van der Waals surface area contributed by atoms with E-state index in [0.29, 0.717) is 4.59 Å². The standard InChI is InChI=1S/C12H17F3GeO2/c1-4-16(5-2,6-3)10-8-7-9(18-10)11(17)12(13,14)15/h7-8H,4-6H2,1-3H3. The number of alkyl halides is 3. The van der Waals surface area contributed by atoms with Crippen molar-refractivity contribution in [3.63, 3.8) is 0 Å². The van der Waals surface area contributed by atoms with E-state index in [4.69, 9.17) is 4.42 Å². The molecule has 0 fully saturated rings. The molecule has 1 heterocycles. The molecule has 0 radical (unpaired) electrons. The Morgan fingerprint density at radius 1 is 1.17 bits per heavy atom. The molecule has 6 heteroatoms. The maximum atomic E-state index is 12.3. The van der Waals surface area contributed by atoms with Crippen molar-refractivity contribution in [1.82, 2.24) is 0 Å². The van der Waals surface area contributed by atoms with Crippen molar-refractivity contribution in [2.24, 2.45) is 0 Å². The first-order chi connectivity index (χ1) is 8.30. The molecule has 0 aliphatic carbocycles. The second kappa shape index (κ2) is 5.51. The summed E-state index contributed by atoms with van der Waals surface area (Å²) in [6.07, 6.45) is -4.87. The monoisotopic (exact) mass is 324 g/mol. The molecule has 0 aromatic carbocycles. The zero-order chi connectivity index (χ0) is 14.0. The van der Waals surface area contributed by atoms with Crippen molar-refractivity contribution in [2.75, 3.05) is 0 Å². The van der Waals surface area contributed by atoms with Gasteiger partial charge in [0.05, 0.1) is 0 Å². The molecular formula is C12H17F3GeO2. The molecule has 0 aliphatic rings. The number of carbonyl (C=O) groups excluding carboxylic acids is 1. The summed E-state index contributed by atoms with van der Waals surface area (Å²) in [4.78, 5) is 11.1. The van der Waals surface area contributed by atoms with Gasteiger partial charge in [-0.15, -0.1) is 0 Å². The van der Waals surface area contributed by atoms with Crippen LogP contribution in [0.1, 0.15) is 31.3 Å². The Kier molecular flexibility index (Phi) is 4.69. The molecule has 0 unspecified atom stereocenters. The Morgan fingerprint density at radius 3 is 2.06 bits per heavy atom. The van der Waals surface area contributed by atoms with Crippen molar-refractivity contribution in [2.45, 2.75) is 42.7 Å². The van der Waals surface area contributed by atoms with Crippen LogP contribution in [0.5, 0.6) is 0 Å². The van der Waals surface area contributed by atoms with Gasteiger partial charge in [0.1, 0.15) is 0 Å². The second-order valence-electron chi connectivity index (χ2n) is 4.33. The average molecular weight is 323 g/mol. The number of carbonyl (C=O) groups is 1. The van der Waals surface area contributed by atoms with E-state index < -0.39 is 31.0 Å². The average Bonchev–Trinajstić information content (AvgIpc) is 2.80. The van der Waals surface area contributed by atoms with Gasteiger partial charge in [-0.2, -0.15) is 0 Å². The molecule has 2 nitrogen and oxygen atoms in total. The third kappa shape index (κ3) is 2.81. The molecule has 1 aromatic heterocycles. The van der Waals surface area contributed by atoms with Crippen molar-refractivity contribution >= 4 is 23.6 Å². The molecule has 1 rings (SSSR count). The van der Waals surface area contributed by atoms with Crippen LogP contribution in [0.4, 0.5) is 13.2 Å². The van der Waals surface area contributed by atoms with E-state index in [1.807, 2.05) is 20.8 Å². The Morgan fingerprint density at radius 2 is 1.67 bits per heavy atom. The number of hydrogen-bond donors (Lipinski definition) is 0. The first kappa shape index (κ1) is 15.3. The molecule has 0 spiro atoms. The molecule has 0 N–H and O–H groups in total. The van der Waals surface area contributed by atoms with Gasteiger partial charge in [0.15, 0.2) is 0 Å². The molecule has 102 valence electrons. The van der Waals surface area contributed by atoms with Crippen LogP contribution in [0.15, 0.2) is 16.5 Å². The number of Topliss-reactive ketones (excluding diaryl/α,β-unsaturated/α-hetero) is 1. The van der Waals surface area contributed by atoms with Crippen LogP contribution in [0.25, 0.3) is 0 Å². The van der Waals surface area contributed by atoms with E-state index in [9.17, 15) is 18.0 Å². The zero-order valence-electron chi connectivity index (χ0n) is 10.7. The molecule has 0 aliphatic heterocycles. The Bertz CT molecular complexity index is 411. The second-order valence-corrected chi connectivity index (χ2v) is 15.2. The summed E-state index contributed by atoms with van der Waals surface area (Å²) in [7, 11) is 0. The van der Waals surface area contributed by atoms with Crippen LogP contribution in [0.2, 0.25) is 15.8 Å². The van der Waals surface area contributed by atoms with Gasteiger partial charge in [0, 0.05) is 0 Å². The van der Waals surface area contributed by atoms with E-state index >= 15 is 0 Å². The summed E-state index contributed by atoms with van der Waals surface area (Å²) in [5.74, 6) is -2.48. The number of halogens is 3. The first-order valence-electron chi connectivity index (χ1n) is 6.02. The van der Waals surface area contributed by atoms with Crippen molar-refractivity contribution in [3.8, 4) is 0 Å². The summed E-state index contributed by atoms with van der Waals surface area (Å²) in [6.45, 7) is 6.13. The molecule has 18 heavy (non-hydrogen) atoms. The fourth-order valence-corrected chi connectivity index (χ4v) is 9.10. The van der Waals surface area contributed by atoms with Gasteiger partial charge in [-0.1, -0.05) is 0 Å². The molecule has 0 atom stereocenters. The van der Waals surface area contributed by atoms with Gasteiger partial charge >= 0.3 is 107 Å². The predicted octanol–water partition coefficient (Wildman–Crippen LogP) is 3.74. The number of hydrogen-bond acceptors (Lipinski definition) is 2. The SMILES string of the molecule is C[CH2][Ge]([CH2]C)([CH2]C)[c]1ccc(C(=O)C(F)(F)F)o1. The first-order valence-corrected chi connectivity index (χ1v) is 11.5. The molecule has 0 bridgehead atoms. The van der Waals surface area contributed by atoms with Crippen LogP contribution >= 0.6 is 0 Å². The van der Waals surface area contributed by atoms with E-state index in [0.717, 1.165) is 21.8 Å². The number of ketones is 1. The minimum absolute atomic E-state index is 0.581. The predicted molar refractivity (Wildman–Crippen MR) is 65.9 cm³/mol. The minimum atomic E-state index is -4.87. The zero-order valence-corrected chi connectivity index (χ0v) is 12.8. The van der Waals surface area contributed by atoms with Gasteiger partial charge in [-0.3, -0.25) is 0 Å². The van der Waals surface area contributed by atoms with Gasteiger partial charge in [-0.25, -0.2) is 0 Å². The molecule has 0 saturated heterocycles. The van der Waals surface area contributed by atoms with Gasteiger partial charge in [-0.05, 0) is 0 Å². The van der Waals surface area contributed by atoms with Crippen LogP contribution in [-0.4, -0.2) is 25.2 Å². The Balaban J connectivity index is 3.10. The molecular weight excluding hydrogens is 306 g/mol. The number of rotatable bonds is 5. The van der Waals surface area contributed by atoms with Crippen molar-refractivity contribution < 1.29 is 22.4 Å². The van der Waals surface area contributed by atoms with E-state index in [1.54, 1.807) is 6.07 Å². The van der Waals surface area contributed by atoms with Gasteiger partial charge in [0.2, 0.25) is 0 Å². The maximum absolute atomic E-state index is 12.3. The van der Waals surface area contributed by atoms with E-state index in [1.165, 1.54) is 0 Å². The summed E-state index contributed by atoms with van der Waals surface area (Å²) < 4.78 is 42.7. The summed E-state index contributed by atoms with van der Waals surface area (Å²) >= 11 is -2.42. The quantitative estimate of drug-likeness (QED) is 0.610. The van der Waals surface area contributed by atoms with Gasteiger partial charge < -0.3 is 0 Å². The van der Waals surface area contributed by atoms with E-state index in [-0.39, 0.29) is 0 Å². The third-order valence-corrected chi connectivity index (χ3v) is 14.9. The summed E-state index contributed by atoms with van der Waals surface area (Å²) in [5.41, 5.74) is 0. The van der Waals surface area contributed by atoms with Gasteiger partial charge in [0.25, 0.3) is 0 Å². The Hall–Kier alpha value is -0.717. The fourth-order valence-electron chi connectivity index (χ4n) is 2.16. The summed E-state index contributed by atoms with van der Waals surface area (Å²) in [6, 6.07) is 2.72. The van der Waals surface area contributed by atoms with Crippen molar-refractivity contribution in [1.29, 1.82) is 0 Å². The number of furan rings is 1. The fraction of sp³-hybridized carbons (Fsp3) is 0.583. The normalized spacial score (nSPS) is 12.8. The van der Waals surface area contributed by atoms with Crippen LogP contribution in [0, 0.1) is 0 Å². The van der Waals surface area contributed by atoms with Crippen molar-refractivity contribution in [3.05, 3.63) is 17.9 Å². The molecule has 0 saturated carbocycles. The topological polar surface area (TPSA) is 30.2 Å². The van der Waals surface area contributed by atoms with Crippen LogP contribution in [0.3, 0.4) is 0 Å². The van der Waals surface area contributed by atoms with E-state index in [2.05, 4.69) is 0 Å². The van der Waals surface area contributed by atoms with Crippen LogP contribution in [-0.2, 0) is 0 Å². The molecule has 1 aromatic rings. The van der Waals surface area contributed by atoms with Crippen LogP contribution < -0.4 is 4.59 Å². The molecule has 0 amide bonds. The summed E-state index contributed by atoms with van der Waals surface area (Å²) in [5, 5.41) is 2.83. The Labute approximate surface area is 107 Å². The third-order valence-electron chi connectivity index (χ3n) is 3.64.